The van der Waals surface area contributed by atoms with Crippen LogP contribution in [0.15, 0.2) is 60.7 Å². The number of rotatable bonds is 7. The summed E-state index contributed by atoms with van der Waals surface area (Å²) < 4.78 is 10.5. The van der Waals surface area contributed by atoms with E-state index in [0.717, 1.165) is 16.7 Å². The number of hydrogen-bond acceptors (Lipinski definition) is 5. The van der Waals surface area contributed by atoms with E-state index in [4.69, 9.17) is 9.47 Å². The number of carbonyl (C=O) groups is 2. The Kier molecular flexibility index (Phi) is 5.95. The van der Waals surface area contributed by atoms with Crippen LogP contribution in [-0.2, 0) is 16.9 Å². The lowest BCUT2D eigenvalue weighted by Gasteiger charge is -2.23. The molecule has 0 aromatic heterocycles. The van der Waals surface area contributed by atoms with Gasteiger partial charge in [-0.25, -0.2) is 0 Å². The number of aryl methyl sites for hydroxylation is 2. The second kappa shape index (κ2) is 8.71. The van der Waals surface area contributed by atoms with Gasteiger partial charge < -0.3 is 19.5 Å². The van der Waals surface area contributed by atoms with Gasteiger partial charge in [-0.15, -0.1) is 0 Å². The molecule has 0 saturated heterocycles. The second-order valence-corrected chi connectivity index (χ2v) is 8.37. The molecule has 0 spiro atoms. The number of ether oxygens (including phenoxy) is 2. The maximum absolute atomic E-state index is 13.5. The highest BCUT2D eigenvalue weighted by atomic mass is 16.5. The summed E-state index contributed by atoms with van der Waals surface area (Å²) in [6, 6.07) is 17.9. The second-order valence-electron chi connectivity index (χ2n) is 8.37. The minimum Gasteiger partial charge on any atom is -0.493 e. The predicted molar refractivity (Wildman–Crippen MR) is 126 cm³/mol. The molecule has 1 aliphatic rings. The maximum atomic E-state index is 13.5. The number of anilines is 1. The van der Waals surface area contributed by atoms with E-state index in [2.05, 4.69) is 6.07 Å². The van der Waals surface area contributed by atoms with E-state index < -0.39 is 11.5 Å². The molecule has 0 unspecified atom stereocenters. The molecule has 0 aliphatic carbocycles. The molecule has 0 fully saturated rings. The fraction of sp³-hybridized carbons (Fsp3) is 0.259. The van der Waals surface area contributed by atoms with Crippen LogP contribution in [0.25, 0.3) is 0 Å². The fourth-order valence-electron chi connectivity index (χ4n) is 4.37. The Balaban J connectivity index is 1.67. The number of fused-ring (bicyclic) bond motifs is 1. The van der Waals surface area contributed by atoms with E-state index in [-0.39, 0.29) is 12.2 Å². The highest BCUT2D eigenvalue weighted by molar-refractivity contribution is 6.10. The number of methoxy groups -OCH3 is 2. The van der Waals surface area contributed by atoms with Crippen LogP contribution in [0.3, 0.4) is 0 Å². The average Bonchev–Trinajstić information content (AvgIpc) is 3.02. The molecule has 33 heavy (non-hydrogen) atoms. The normalized spacial score (nSPS) is 17.1. The van der Waals surface area contributed by atoms with Crippen molar-refractivity contribution in [3.63, 3.8) is 0 Å². The van der Waals surface area contributed by atoms with Gasteiger partial charge in [-0.1, -0.05) is 42.0 Å². The van der Waals surface area contributed by atoms with E-state index in [9.17, 15) is 14.7 Å². The van der Waals surface area contributed by atoms with Gasteiger partial charge in [0.15, 0.2) is 22.9 Å². The van der Waals surface area contributed by atoms with Crippen LogP contribution >= 0.6 is 0 Å². The standard InChI is InChI=1S/C27H27NO5/c1-17-9-10-20(18(2)13-17)16-28-22-8-6-5-7-21(22)27(31,26(28)30)15-23(29)19-11-12-24(32-3)25(14-19)33-4/h5-14,31H,15-16H2,1-4H3/t27-/m0/s1. The number of carbonyl (C=O) groups excluding carboxylic acids is 2. The van der Waals surface area contributed by atoms with Crippen molar-refractivity contribution in [3.8, 4) is 11.5 Å². The zero-order valence-electron chi connectivity index (χ0n) is 19.2. The third-order valence-corrected chi connectivity index (χ3v) is 6.19. The first-order chi connectivity index (χ1) is 15.8. The third kappa shape index (κ3) is 3.98. The van der Waals surface area contributed by atoms with E-state index in [0.29, 0.717) is 34.9 Å². The Morgan fingerprint density at radius 1 is 0.970 bits per heavy atom. The van der Waals surface area contributed by atoms with Crippen LogP contribution in [0.4, 0.5) is 5.69 Å². The van der Waals surface area contributed by atoms with Crippen molar-refractivity contribution in [3.05, 3.63) is 88.5 Å². The van der Waals surface area contributed by atoms with E-state index in [1.807, 2.05) is 32.0 Å². The molecule has 170 valence electrons. The number of Topliss-reactive ketones (excluding diaryl/α,β-unsaturated/α-hetero) is 1. The largest absolute Gasteiger partial charge is 0.493 e. The smallest absolute Gasteiger partial charge is 0.264 e. The SMILES string of the molecule is COc1ccc(C(=O)C[C@@]2(O)C(=O)N(Cc3ccc(C)cc3C)c3ccccc32)cc1OC. The molecule has 1 N–H and O–H groups in total. The summed E-state index contributed by atoms with van der Waals surface area (Å²) in [5.41, 5.74) is 2.63. The highest BCUT2D eigenvalue weighted by Crippen LogP contribution is 2.44. The molecule has 0 saturated carbocycles. The Morgan fingerprint density at radius 3 is 2.39 bits per heavy atom. The molecule has 0 bridgehead atoms. The fourth-order valence-corrected chi connectivity index (χ4v) is 4.37. The minimum atomic E-state index is -1.94. The lowest BCUT2D eigenvalue weighted by Crippen LogP contribution is -2.41. The molecule has 1 heterocycles. The van der Waals surface area contributed by atoms with Gasteiger partial charge in [0.05, 0.1) is 32.9 Å². The molecule has 1 atom stereocenters. The van der Waals surface area contributed by atoms with Crippen molar-refractivity contribution in [2.75, 3.05) is 19.1 Å². The monoisotopic (exact) mass is 445 g/mol. The molecule has 6 heteroatoms. The van der Waals surface area contributed by atoms with E-state index in [1.165, 1.54) is 14.2 Å². The highest BCUT2D eigenvalue weighted by Gasteiger charge is 2.50. The third-order valence-electron chi connectivity index (χ3n) is 6.19. The Morgan fingerprint density at radius 2 is 1.70 bits per heavy atom. The predicted octanol–water partition coefficient (Wildman–Crippen LogP) is 4.33. The van der Waals surface area contributed by atoms with Gasteiger partial charge in [-0.2, -0.15) is 0 Å². The molecular formula is C27H27NO5. The molecule has 1 amide bonds. The zero-order chi connectivity index (χ0) is 23.8. The van der Waals surface area contributed by atoms with Gasteiger partial charge in [-0.05, 0) is 49.2 Å². The summed E-state index contributed by atoms with van der Waals surface area (Å²) in [6.07, 6.45) is -0.373. The summed E-state index contributed by atoms with van der Waals surface area (Å²) in [7, 11) is 3.00. The maximum Gasteiger partial charge on any atom is 0.264 e. The molecule has 0 radical (unpaired) electrons. The summed E-state index contributed by atoms with van der Waals surface area (Å²) in [6.45, 7) is 4.34. The van der Waals surface area contributed by atoms with Crippen LogP contribution in [0.1, 0.15) is 39.0 Å². The topological polar surface area (TPSA) is 76.1 Å². The van der Waals surface area contributed by atoms with Gasteiger partial charge >= 0.3 is 0 Å². The van der Waals surface area contributed by atoms with Crippen molar-refractivity contribution >= 4 is 17.4 Å². The van der Waals surface area contributed by atoms with Gasteiger partial charge in [0.25, 0.3) is 5.91 Å². The number of benzene rings is 3. The molecule has 3 aromatic carbocycles. The molecular weight excluding hydrogens is 418 g/mol. The van der Waals surface area contributed by atoms with Crippen molar-refractivity contribution in [1.29, 1.82) is 0 Å². The summed E-state index contributed by atoms with van der Waals surface area (Å²) in [5.74, 6) is 0.0344. The summed E-state index contributed by atoms with van der Waals surface area (Å²) >= 11 is 0. The van der Waals surface area contributed by atoms with E-state index in [1.54, 1.807) is 41.3 Å². The number of hydrogen-bond donors (Lipinski definition) is 1. The number of aliphatic hydroxyl groups is 1. The lowest BCUT2D eigenvalue weighted by molar-refractivity contribution is -0.136. The van der Waals surface area contributed by atoms with Crippen LogP contribution in [-0.4, -0.2) is 31.0 Å². The molecule has 4 rings (SSSR count). The number of amides is 1. The molecule has 1 aliphatic heterocycles. The van der Waals surface area contributed by atoms with Crippen LogP contribution in [0.5, 0.6) is 11.5 Å². The molecule has 6 nitrogen and oxygen atoms in total. The van der Waals surface area contributed by atoms with Crippen molar-refractivity contribution < 1.29 is 24.2 Å². The Bertz CT molecular complexity index is 1230. The Labute approximate surface area is 193 Å². The first-order valence-electron chi connectivity index (χ1n) is 10.7. The van der Waals surface area contributed by atoms with Crippen molar-refractivity contribution in [1.82, 2.24) is 0 Å². The minimum absolute atomic E-state index is 0.314. The van der Waals surface area contributed by atoms with E-state index >= 15 is 0 Å². The van der Waals surface area contributed by atoms with Crippen LogP contribution in [0, 0.1) is 13.8 Å². The van der Waals surface area contributed by atoms with Gasteiger partial charge in [0, 0.05) is 11.1 Å². The number of ketones is 1. The van der Waals surface area contributed by atoms with Crippen LogP contribution < -0.4 is 14.4 Å². The first kappa shape index (κ1) is 22.6. The van der Waals surface area contributed by atoms with Crippen molar-refractivity contribution in [2.24, 2.45) is 0 Å². The lowest BCUT2D eigenvalue weighted by atomic mass is 9.88. The number of nitrogens with zero attached hydrogens (tertiary/aromatic N) is 1. The van der Waals surface area contributed by atoms with Crippen LogP contribution in [0.2, 0.25) is 0 Å². The van der Waals surface area contributed by atoms with Gasteiger partial charge in [0.2, 0.25) is 0 Å². The Hall–Kier alpha value is -3.64. The average molecular weight is 446 g/mol. The first-order valence-corrected chi connectivity index (χ1v) is 10.7. The zero-order valence-corrected chi connectivity index (χ0v) is 19.2. The number of para-hydroxylation sites is 1. The van der Waals surface area contributed by atoms with Gasteiger partial charge in [-0.3, -0.25) is 9.59 Å². The summed E-state index contributed by atoms with van der Waals surface area (Å²) in [5, 5.41) is 11.6. The summed E-state index contributed by atoms with van der Waals surface area (Å²) in [4.78, 5) is 28.3. The van der Waals surface area contributed by atoms with Crippen molar-refractivity contribution in [2.45, 2.75) is 32.4 Å². The quantitative estimate of drug-likeness (QED) is 0.548. The van der Waals surface area contributed by atoms with Gasteiger partial charge in [0.1, 0.15) is 0 Å². The molecule has 3 aromatic rings.